The zero-order valence-corrected chi connectivity index (χ0v) is 10.3. The minimum absolute atomic E-state index is 0.493. The van der Waals surface area contributed by atoms with Crippen molar-refractivity contribution in [1.82, 2.24) is 14.9 Å². The molecule has 0 radical (unpaired) electrons. The topological polar surface area (TPSA) is 29.9 Å². The van der Waals surface area contributed by atoms with Crippen molar-refractivity contribution in [2.45, 2.75) is 46.7 Å². The standard InChI is InChI=1S/C12H23N3/c1-5-11(4)6-13-7-12-8-14-9-15(12)10(2)3/h8-11,13H,5-7H2,1-4H3. The maximum atomic E-state index is 4.18. The van der Waals surface area contributed by atoms with E-state index in [1.54, 1.807) is 0 Å². The molecule has 1 atom stereocenters. The lowest BCUT2D eigenvalue weighted by Crippen LogP contribution is -2.22. The lowest BCUT2D eigenvalue weighted by molar-refractivity contribution is 0.483. The monoisotopic (exact) mass is 209 g/mol. The van der Waals surface area contributed by atoms with Gasteiger partial charge < -0.3 is 9.88 Å². The highest BCUT2D eigenvalue weighted by atomic mass is 15.1. The van der Waals surface area contributed by atoms with Gasteiger partial charge in [0.25, 0.3) is 0 Å². The average molecular weight is 209 g/mol. The van der Waals surface area contributed by atoms with E-state index >= 15 is 0 Å². The molecule has 1 heterocycles. The van der Waals surface area contributed by atoms with E-state index < -0.39 is 0 Å². The van der Waals surface area contributed by atoms with Crippen LogP contribution >= 0.6 is 0 Å². The van der Waals surface area contributed by atoms with Crippen LogP contribution in [-0.4, -0.2) is 16.1 Å². The van der Waals surface area contributed by atoms with Gasteiger partial charge in [-0.25, -0.2) is 4.98 Å². The van der Waals surface area contributed by atoms with Crippen molar-refractivity contribution in [2.75, 3.05) is 6.54 Å². The Balaban J connectivity index is 2.40. The molecule has 0 fully saturated rings. The number of imidazole rings is 1. The van der Waals surface area contributed by atoms with Gasteiger partial charge in [0.1, 0.15) is 0 Å². The van der Waals surface area contributed by atoms with Gasteiger partial charge in [0.2, 0.25) is 0 Å². The quantitative estimate of drug-likeness (QED) is 0.780. The summed E-state index contributed by atoms with van der Waals surface area (Å²) in [5.74, 6) is 0.750. The molecule has 1 aromatic rings. The van der Waals surface area contributed by atoms with Crippen LogP contribution in [0.3, 0.4) is 0 Å². The van der Waals surface area contributed by atoms with Crippen molar-refractivity contribution >= 4 is 0 Å². The molecule has 15 heavy (non-hydrogen) atoms. The summed E-state index contributed by atoms with van der Waals surface area (Å²) in [4.78, 5) is 4.18. The van der Waals surface area contributed by atoms with Gasteiger partial charge in [0.15, 0.2) is 0 Å². The first-order valence-electron chi connectivity index (χ1n) is 5.86. The van der Waals surface area contributed by atoms with Crippen molar-refractivity contribution in [3.05, 3.63) is 18.2 Å². The third-order valence-corrected chi connectivity index (χ3v) is 2.80. The molecule has 0 aliphatic carbocycles. The van der Waals surface area contributed by atoms with Crippen molar-refractivity contribution in [2.24, 2.45) is 5.92 Å². The lowest BCUT2D eigenvalue weighted by Gasteiger charge is -2.14. The van der Waals surface area contributed by atoms with Crippen LogP contribution < -0.4 is 5.32 Å². The SMILES string of the molecule is CCC(C)CNCc1cncn1C(C)C. The summed E-state index contributed by atoms with van der Waals surface area (Å²) in [6, 6.07) is 0.493. The Morgan fingerprint density at radius 2 is 2.13 bits per heavy atom. The molecule has 3 heteroatoms. The van der Waals surface area contributed by atoms with Crippen LogP contribution in [0.2, 0.25) is 0 Å². The first-order chi connectivity index (χ1) is 7.15. The summed E-state index contributed by atoms with van der Waals surface area (Å²) in [7, 11) is 0. The normalized spacial score (nSPS) is 13.4. The summed E-state index contributed by atoms with van der Waals surface area (Å²) in [6.07, 6.45) is 5.09. The van der Waals surface area contributed by atoms with Gasteiger partial charge in [0.05, 0.1) is 12.0 Å². The Kier molecular flexibility index (Phi) is 4.82. The predicted molar refractivity (Wildman–Crippen MR) is 63.8 cm³/mol. The highest BCUT2D eigenvalue weighted by molar-refractivity contribution is 4.99. The van der Waals surface area contributed by atoms with Crippen LogP contribution in [-0.2, 0) is 6.54 Å². The Morgan fingerprint density at radius 1 is 1.40 bits per heavy atom. The molecule has 1 aromatic heterocycles. The fourth-order valence-electron chi connectivity index (χ4n) is 1.52. The molecule has 0 amide bonds. The van der Waals surface area contributed by atoms with Crippen molar-refractivity contribution in [3.63, 3.8) is 0 Å². The van der Waals surface area contributed by atoms with E-state index in [0.29, 0.717) is 6.04 Å². The third kappa shape index (κ3) is 3.67. The van der Waals surface area contributed by atoms with Crippen LogP contribution in [0, 0.1) is 5.92 Å². The molecule has 0 bridgehead atoms. The first-order valence-corrected chi connectivity index (χ1v) is 5.86. The van der Waals surface area contributed by atoms with E-state index in [1.807, 2.05) is 12.5 Å². The average Bonchev–Trinajstić information content (AvgIpc) is 2.65. The molecule has 0 saturated heterocycles. The molecule has 86 valence electrons. The van der Waals surface area contributed by atoms with Crippen LogP contribution in [0.25, 0.3) is 0 Å². The summed E-state index contributed by atoms with van der Waals surface area (Å²) in [6.45, 7) is 10.9. The molecule has 0 aliphatic heterocycles. The van der Waals surface area contributed by atoms with Gasteiger partial charge in [-0.05, 0) is 26.3 Å². The lowest BCUT2D eigenvalue weighted by atomic mass is 10.1. The van der Waals surface area contributed by atoms with Crippen LogP contribution in [0.15, 0.2) is 12.5 Å². The highest BCUT2D eigenvalue weighted by Crippen LogP contribution is 2.08. The molecule has 3 nitrogen and oxygen atoms in total. The number of aromatic nitrogens is 2. The van der Waals surface area contributed by atoms with Crippen molar-refractivity contribution < 1.29 is 0 Å². The second-order valence-corrected chi connectivity index (χ2v) is 4.53. The number of rotatable bonds is 6. The van der Waals surface area contributed by atoms with Gasteiger partial charge in [-0.1, -0.05) is 20.3 Å². The van der Waals surface area contributed by atoms with Crippen LogP contribution in [0.1, 0.15) is 45.9 Å². The zero-order chi connectivity index (χ0) is 11.3. The number of nitrogens with one attached hydrogen (secondary N) is 1. The number of hydrogen-bond donors (Lipinski definition) is 1. The minimum Gasteiger partial charge on any atom is -0.331 e. The van der Waals surface area contributed by atoms with Crippen LogP contribution in [0.4, 0.5) is 0 Å². The largest absolute Gasteiger partial charge is 0.331 e. The molecule has 0 spiro atoms. The van der Waals surface area contributed by atoms with E-state index in [2.05, 4.69) is 42.6 Å². The minimum atomic E-state index is 0.493. The molecule has 1 N–H and O–H groups in total. The Bertz CT molecular complexity index is 278. The molecule has 1 unspecified atom stereocenters. The second kappa shape index (κ2) is 5.91. The summed E-state index contributed by atoms with van der Waals surface area (Å²) in [5.41, 5.74) is 1.27. The molecule has 1 rings (SSSR count). The molecule has 0 saturated carbocycles. The van der Waals surface area contributed by atoms with E-state index in [1.165, 1.54) is 12.1 Å². The Morgan fingerprint density at radius 3 is 2.73 bits per heavy atom. The molecular weight excluding hydrogens is 186 g/mol. The van der Waals surface area contributed by atoms with E-state index in [-0.39, 0.29) is 0 Å². The van der Waals surface area contributed by atoms with Gasteiger partial charge in [-0.15, -0.1) is 0 Å². The Hall–Kier alpha value is -0.830. The van der Waals surface area contributed by atoms with E-state index in [9.17, 15) is 0 Å². The smallest absolute Gasteiger partial charge is 0.0951 e. The molecular formula is C12H23N3. The van der Waals surface area contributed by atoms with Gasteiger partial charge in [-0.2, -0.15) is 0 Å². The summed E-state index contributed by atoms with van der Waals surface area (Å²) in [5, 5.41) is 3.47. The van der Waals surface area contributed by atoms with Gasteiger partial charge in [-0.3, -0.25) is 0 Å². The Labute approximate surface area is 92.9 Å². The molecule has 0 aromatic carbocycles. The highest BCUT2D eigenvalue weighted by Gasteiger charge is 2.05. The second-order valence-electron chi connectivity index (χ2n) is 4.53. The van der Waals surface area contributed by atoms with E-state index in [4.69, 9.17) is 0 Å². The van der Waals surface area contributed by atoms with Crippen molar-refractivity contribution in [1.29, 1.82) is 0 Å². The fraction of sp³-hybridized carbons (Fsp3) is 0.750. The maximum Gasteiger partial charge on any atom is 0.0951 e. The number of nitrogens with zero attached hydrogens (tertiary/aromatic N) is 2. The van der Waals surface area contributed by atoms with Gasteiger partial charge >= 0.3 is 0 Å². The van der Waals surface area contributed by atoms with Crippen LogP contribution in [0.5, 0.6) is 0 Å². The first kappa shape index (κ1) is 12.2. The van der Waals surface area contributed by atoms with Gasteiger partial charge in [0, 0.05) is 18.8 Å². The number of hydrogen-bond acceptors (Lipinski definition) is 2. The van der Waals surface area contributed by atoms with E-state index in [0.717, 1.165) is 19.0 Å². The summed E-state index contributed by atoms with van der Waals surface area (Å²) < 4.78 is 2.21. The summed E-state index contributed by atoms with van der Waals surface area (Å²) >= 11 is 0. The predicted octanol–water partition coefficient (Wildman–Crippen LogP) is 2.60. The maximum absolute atomic E-state index is 4.18. The van der Waals surface area contributed by atoms with Crippen molar-refractivity contribution in [3.8, 4) is 0 Å². The molecule has 0 aliphatic rings. The third-order valence-electron chi connectivity index (χ3n) is 2.80. The zero-order valence-electron chi connectivity index (χ0n) is 10.3. The fourth-order valence-corrected chi connectivity index (χ4v) is 1.52.